The standard InChI is InChI=1S/C21H22N4/c1-2-24(18-11-4-3-5-12-18)20-15-21(23-16-22-20)25-14-8-10-17-9-6-7-13-19(17)25/h3-7,9,11-13,15-16H,2,8,10,14H2,1H3. The summed E-state index contributed by atoms with van der Waals surface area (Å²) in [7, 11) is 0. The maximum absolute atomic E-state index is 4.56. The van der Waals surface area contributed by atoms with Gasteiger partial charge in [0, 0.05) is 30.5 Å². The van der Waals surface area contributed by atoms with E-state index in [2.05, 4.69) is 81.3 Å². The topological polar surface area (TPSA) is 32.3 Å². The zero-order chi connectivity index (χ0) is 17.1. The summed E-state index contributed by atoms with van der Waals surface area (Å²) in [5, 5.41) is 0. The number of para-hydroxylation sites is 2. The normalized spacial score (nSPS) is 13.4. The number of benzene rings is 2. The molecule has 4 rings (SSSR count). The Morgan fingerprint density at radius 1 is 1.00 bits per heavy atom. The van der Waals surface area contributed by atoms with Crippen LogP contribution in [-0.4, -0.2) is 23.1 Å². The van der Waals surface area contributed by atoms with E-state index in [1.165, 1.54) is 11.3 Å². The van der Waals surface area contributed by atoms with Gasteiger partial charge in [0.05, 0.1) is 0 Å². The van der Waals surface area contributed by atoms with E-state index in [4.69, 9.17) is 0 Å². The summed E-state index contributed by atoms with van der Waals surface area (Å²) in [5.74, 6) is 1.90. The van der Waals surface area contributed by atoms with Crippen molar-refractivity contribution in [3.05, 3.63) is 72.6 Å². The first-order chi connectivity index (χ1) is 12.4. The van der Waals surface area contributed by atoms with Gasteiger partial charge in [-0.15, -0.1) is 0 Å². The van der Waals surface area contributed by atoms with Crippen LogP contribution in [0.4, 0.5) is 23.0 Å². The summed E-state index contributed by atoms with van der Waals surface area (Å²) in [5.41, 5.74) is 3.80. The smallest absolute Gasteiger partial charge is 0.138 e. The monoisotopic (exact) mass is 330 g/mol. The third-order valence-electron chi connectivity index (χ3n) is 4.69. The van der Waals surface area contributed by atoms with Crippen molar-refractivity contribution < 1.29 is 0 Å². The molecule has 3 aromatic rings. The molecule has 1 aliphatic rings. The Morgan fingerprint density at radius 3 is 2.64 bits per heavy atom. The SMILES string of the molecule is CCN(c1ccccc1)c1cc(N2CCCc3ccccc32)ncn1. The van der Waals surface area contributed by atoms with Crippen LogP contribution in [-0.2, 0) is 6.42 Å². The lowest BCUT2D eigenvalue weighted by Crippen LogP contribution is -2.26. The zero-order valence-electron chi connectivity index (χ0n) is 14.5. The number of aryl methyl sites for hydroxylation is 1. The molecule has 0 unspecified atom stereocenters. The largest absolute Gasteiger partial charge is 0.327 e. The molecule has 4 nitrogen and oxygen atoms in total. The molecule has 0 amide bonds. The van der Waals surface area contributed by atoms with Crippen molar-refractivity contribution in [3.63, 3.8) is 0 Å². The fourth-order valence-corrected chi connectivity index (χ4v) is 3.49. The number of aromatic nitrogens is 2. The van der Waals surface area contributed by atoms with Crippen LogP contribution in [0.5, 0.6) is 0 Å². The van der Waals surface area contributed by atoms with Gasteiger partial charge in [-0.1, -0.05) is 36.4 Å². The fraction of sp³-hybridized carbons (Fsp3) is 0.238. The highest BCUT2D eigenvalue weighted by atomic mass is 15.2. The molecule has 0 N–H and O–H groups in total. The first-order valence-electron chi connectivity index (χ1n) is 8.87. The first-order valence-corrected chi connectivity index (χ1v) is 8.87. The molecule has 0 fully saturated rings. The summed E-state index contributed by atoms with van der Waals surface area (Å²) in [6.07, 6.45) is 3.95. The molecule has 0 spiro atoms. The quantitative estimate of drug-likeness (QED) is 0.693. The highest BCUT2D eigenvalue weighted by Crippen LogP contribution is 2.33. The van der Waals surface area contributed by atoms with Gasteiger partial charge in [0.1, 0.15) is 18.0 Å². The van der Waals surface area contributed by atoms with E-state index in [-0.39, 0.29) is 0 Å². The molecule has 0 saturated carbocycles. The number of hydrogen-bond acceptors (Lipinski definition) is 4. The van der Waals surface area contributed by atoms with Crippen LogP contribution in [0.2, 0.25) is 0 Å². The van der Waals surface area contributed by atoms with Gasteiger partial charge in [-0.3, -0.25) is 0 Å². The van der Waals surface area contributed by atoms with E-state index in [1.807, 2.05) is 6.07 Å². The Kier molecular flexibility index (Phi) is 4.34. The summed E-state index contributed by atoms with van der Waals surface area (Å²) >= 11 is 0. The molecule has 4 heteroatoms. The maximum Gasteiger partial charge on any atom is 0.138 e. The Morgan fingerprint density at radius 2 is 1.80 bits per heavy atom. The number of hydrogen-bond donors (Lipinski definition) is 0. The van der Waals surface area contributed by atoms with E-state index in [9.17, 15) is 0 Å². The van der Waals surface area contributed by atoms with Crippen LogP contribution >= 0.6 is 0 Å². The Bertz CT molecular complexity index is 847. The van der Waals surface area contributed by atoms with Crippen molar-refractivity contribution in [1.29, 1.82) is 0 Å². The van der Waals surface area contributed by atoms with Crippen LogP contribution in [0.15, 0.2) is 67.0 Å². The predicted molar refractivity (Wildman–Crippen MR) is 103 cm³/mol. The van der Waals surface area contributed by atoms with Gasteiger partial charge in [0.2, 0.25) is 0 Å². The van der Waals surface area contributed by atoms with E-state index < -0.39 is 0 Å². The lowest BCUT2D eigenvalue weighted by molar-refractivity contribution is 0.758. The summed E-state index contributed by atoms with van der Waals surface area (Å²) in [4.78, 5) is 13.6. The number of rotatable bonds is 4. The highest BCUT2D eigenvalue weighted by Gasteiger charge is 2.20. The molecule has 0 aliphatic carbocycles. The lowest BCUT2D eigenvalue weighted by atomic mass is 10.0. The molecule has 0 bridgehead atoms. The van der Waals surface area contributed by atoms with Crippen LogP contribution in [0.25, 0.3) is 0 Å². The van der Waals surface area contributed by atoms with E-state index in [1.54, 1.807) is 6.33 Å². The average molecular weight is 330 g/mol. The molecule has 1 aromatic heterocycles. The molecule has 126 valence electrons. The molecular formula is C21H22N4. The molecule has 0 saturated heterocycles. The van der Waals surface area contributed by atoms with Gasteiger partial charge in [0.15, 0.2) is 0 Å². The van der Waals surface area contributed by atoms with Gasteiger partial charge >= 0.3 is 0 Å². The number of anilines is 4. The van der Waals surface area contributed by atoms with Gasteiger partial charge in [-0.25, -0.2) is 9.97 Å². The summed E-state index contributed by atoms with van der Waals surface area (Å²) < 4.78 is 0. The van der Waals surface area contributed by atoms with E-state index in [0.717, 1.165) is 43.3 Å². The van der Waals surface area contributed by atoms with Gasteiger partial charge in [0.25, 0.3) is 0 Å². The molecule has 2 aromatic carbocycles. The fourth-order valence-electron chi connectivity index (χ4n) is 3.49. The van der Waals surface area contributed by atoms with Crippen molar-refractivity contribution >= 4 is 23.0 Å². The van der Waals surface area contributed by atoms with Crippen molar-refractivity contribution in [3.8, 4) is 0 Å². The highest BCUT2D eigenvalue weighted by molar-refractivity contribution is 5.69. The minimum absolute atomic E-state index is 0.858. The predicted octanol–water partition coefficient (Wildman–Crippen LogP) is 4.72. The van der Waals surface area contributed by atoms with Gasteiger partial charge in [-0.2, -0.15) is 0 Å². The van der Waals surface area contributed by atoms with Crippen LogP contribution < -0.4 is 9.80 Å². The van der Waals surface area contributed by atoms with Gasteiger partial charge < -0.3 is 9.80 Å². The third kappa shape index (κ3) is 3.07. The van der Waals surface area contributed by atoms with E-state index in [0.29, 0.717) is 0 Å². The summed E-state index contributed by atoms with van der Waals surface area (Å²) in [6, 6.07) is 21.1. The van der Waals surface area contributed by atoms with Crippen molar-refractivity contribution in [2.24, 2.45) is 0 Å². The maximum atomic E-state index is 4.56. The minimum atomic E-state index is 0.858. The second-order valence-electron chi connectivity index (χ2n) is 6.20. The number of fused-ring (bicyclic) bond motifs is 1. The molecular weight excluding hydrogens is 308 g/mol. The lowest BCUT2D eigenvalue weighted by Gasteiger charge is -2.31. The van der Waals surface area contributed by atoms with Crippen LogP contribution in [0.1, 0.15) is 18.9 Å². The number of nitrogens with zero attached hydrogens (tertiary/aromatic N) is 4. The van der Waals surface area contributed by atoms with Crippen LogP contribution in [0, 0.1) is 0 Å². The molecule has 25 heavy (non-hydrogen) atoms. The Hall–Kier alpha value is -2.88. The second kappa shape index (κ2) is 6.93. The summed E-state index contributed by atoms with van der Waals surface area (Å²) in [6.45, 7) is 3.99. The van der Waals surface area contributed by atoms with Crippen molar-refractivity contribution in [2.45, 2.75) is 19.8 Å². The first kappa shape index (κ1) is 15.6. The van der Waals surface area contributed by atoms with Gasteiger partial charge in [-0.05, 0) is 43.5 Å². The average Bonchev–Trinajstić information content (AvgIpc) is 2.69. The van der Waals surface area contributed by atoms with Crippen molar-refractivity contribution in [1.82, 2.24) is 9.97 Å². The molecule has 0 radical (unpaired) electrons. The Labute approximate surface area is 148 Å². The zero-order valence-corrected chi connectivity index (χ0v) is 14.5. The molecule has 0 atom stereocenters. The third-order valence-corrected chi connectivity index (χ3v) is 4.69. The van der Waals surface area contributed by atoms with Crippen molar-refractivity contribution in [2.75, 3.05) is 22.9 Å². The Balaban J connectivity index is 1.71. The second-order valence-corrected chi connectivity index (χ2v) is 6.20. The van der Waals surface area contributed by atoms with E-state index >= 15 is 0 Å². The minimum Gasteiger partial charge on any atom is -0.327 e. The molecule has 1 aliphatic heterocycles. The van der Waals surface area contributed by atoms with Crippen LogP contribution in [0.3, 0.4) is 0 Å². The molecule has 2 heterocycles.